The maximum Gasteiger partial charge on any atom is 0.215 e. The van der Waals surface area contributed by atoms with Gasteiger partial charge in [0, 0.05) is 56.8 Å². The van der Waals surface area contributed by atoms with Gasteiger partial charge in [0.15, 0.2) is 0 Å². The molecule has 6 rings (SSSR count). The fourth-order valence-corrected chi connectivity index (χ4v) is 5.18. The molecular formula is C36H40N4O4Zn. The van der Waals surface area contributed by atoms with E-state index in [2.05, 4.69) is 19.8 Å². The number of hydrogen-bond donors (Lipinski definition) is 2. The second-order valence-corrected chi connectivity index (χ2v) is 10.5. The summed E-state index contributed by atoms with van der Waals surface area (Å²) in [7, 11) is 0. The molecule has 8 nitrogen and oxygen atoms in total. The van der Waals surface area contributed by atoms with Crippen molar-refractivity contribution < 1.29 is 39.2 Å². The van der Waals surface area contributed by atoms with Crippen LogP contribution in [0.3, 0.4) is 0 Å². The van der Waals surface area contributed by atoms with Gasteiger partial charge >= 0.3 is 0 Å². The standard InChI is InChI=1S/2C18H20N2O2.Zn/c2*21-18(16-9-5-2-6-10-16)19-17(15-7-3-1-4-8-15)20-11-13-22-14-12-20;/h2*1-10,17H,11-14H2,(H,19,21);. The SMILES string of the molecule is O/C(=N/C(c1ccccc1)N1CCOCC1)c1ccccc1.O/C(=N\C(c1ccccc1)N1CCOCC1)c1ccccc1.[Zn]. The number of morpholine rings is 2. The van der Waals surface area contributed by atoms with Crippen molar-refractivity contribution in [3.63, 3.8) is 0 Å². The molecule has 9 heteroatoms. The van der Waals surface area contributed by atoms with E-state index in [0.717, 1.165) is 48.4 Å². The van der Waals surface area contributed by atoms with Crippen molar-refractivity contribution in [2.75, 3.05) is 52.6 Å². The first-order chi connectivity index (χ1) is 21.7. The zero-order valence-electron chi connectivity index (χ0n) is 25.6. The Morgan fingerprint density at radius 1 is 0.489 bits per heavy atom. The van der Waals surface area contributed by atoms with Gasteiger partial charge < -0.3 is 19.7 Å². The molecule has 0 spiro atoms. The molecule has 4 aromatic carbocycles. The van der Waals surface area contributed by atoms with E-state index in [4.69, 9.17) is 9.47 Å². The second kappa shape index (κ2) is 18.3. The Balaban J connectivity index is 0.000000200. The quantitative estimate of drug-likeness (QED) is 0.136. The second-order valence-electron chi connectivity index (χ2n) is 10.5. The molecule has 2 heterocycles. The van der Waals surface area contributed by atoms with E-state index in [0.29, 0.717) is 26.4 Å². The van der Waals surface area contributed by atoms with Crippen molar-refractivity contribution in [2.45, 2.75) is 12.3 Å². The number of rotatable bonds is 8. The smallest absolute Gasteiger partial charge is 0.215 e. The molecule has 2 unspecified atom stereocenters. The molecule has 0 bridgehead atoms. The summed E-state index contributed by atoms with van der Waals surface area (Å²) in [6.45, 7) is 6.04. The average molecular weight is 658 g/mol. The van der Waals surface area contributed by atoms with Gasteiger partial charge in [0.25, 0.3) is 0 Å². The minimum Gasteiger partial charge on any atom is -0.493 e. The van der Waals surface area contributed by atoms with E-state index in [1.54, 1.807) is 0 Å². The zero-order valence-corrected chi connectivity index (χ0v) is 28.5. The van der Waals surface area contributed by atoms with Gasteiger partial charge in [-0.2, -0.15) is 0 Å². The number of hydrogen-bond acceptors (Lipinski definition) is 6. The van der Waals surface area contributed by atoms with Gasteiger partial charge in [-0.15, -0.1) is 0 Å². The summed E-state index contributed by atoms with van der Waals surface area (Å²) in [5, 5.41) is 20.7. The molecule has 0 saturated carbocycles. The summed E-state index contributed by atoms with van der Waals surface area (Å²) >= 11 is 0. The first-order valence-corrected chi connectivity index (χ1v) is 15.1. The van der Waals surface area contributed by atoms with E-state index in [9.17, 15) is 10.2 Å². The van der Waals surface area contributed by atoms with E-state index >= 15 is 0 Å². The van der Waals surface area contributed by atoms with Gasteiger partial charge in [0.05, 0.1) is 26.4 Å². The first kappa shape index (κ1) is 34.2. The van der Waals surface area contributed by atoms with Crippen LogP contribution in [0.2, 0.25) is 0 Å². The monoisotopic (exact) mass is 656 g/mol. The van der Waals surface area contributed by atoms with Gasteiger partial charge in [-0.1, -0.05) is 97.1 Å². The molecular weight excluding hydrogens is 618 g/mol. The summed E-state index contributed by atoms with van der Waals surface area (Å²) in [6.07, 6.45) is -0.379. The van der Waals surface area contributed by atoms with Crippen LogP contribution in [0.15, 0.2) is 131 Å². The van der Waals surface area contributed by atoms with Gasteiger partial charge in [-0.3, -0.25) is 9.80 Å². The van der Waals surface area contributed by atoms with Crippen LogP contribution in [0, 0.1) is 0 Å². The molecule has 0 amide bonds. The Kier molecular flexibility index (Phi) is 13.9. The van der Waals surface area contributed by atoms with Crippen molar-refractivity contribution in [2.24, 2.45) is 9.98 Å². The van der Waals surface area contributed by atoms with Crippen molar-refractivity contribution in [1.82, 2.24) is 9.80 Å². The summed E-state index contributed by atoms with van der Waals surface area (Å²) in [4.78, 5) is 13.6. The molecule has 2 fully saturated rings. The van der Waals surface area contributed by atoms with Crippen molar-refractivity contribution in [3.05, 3.63) is 144 Å². The Morgan fingerprint density at radius 3 is 1.09 bits per heavy atom. The molecule has 4 aromatic rings. The number of aliphatic hydroxyl groups is 2. The number of aliphatic hydroxyl groups excluding tert-OH is 2. The Labute approximate surface area is 278 Å². The molecule has 45 heavy (non-hydrogen) atoms. The van der Waals surface area contributed by atoms with E-state index < -0.39 is 0 Å². The van der Waals surface area contributed by atoms with Crippen molar-refractivity contribution >= 4 is 11.8 Å². The van der Waals surface area contributed by atoms with Gasteiger partial charge in [0.2, 0.25) is 11.8 Å². The molecule has 2 atom stereocenters. The van der Waals surface area contributed by atoms with Gasteiger partial charge in [-0.25, -0.2) is 9.98 Å². The molecule has 2 aliphatic rings. The van der Waals surface area contributed by atoms with E-state index in [-0.39, 0.29) is 43.6 Å². The predicted molar refractivity (Wildman–Crippen MR) is 174 cm³/mol. The Morgan fingerprint density at radius 2 is 0.778 bits per heavy atom. The average Bonchev–Trinajstić information content (AvgIpc) is 3.12. The molecule has 0 aromatic heterocycles. The number of nitrogens with zero attached hydrogens (tertiary/aromatic N) is 4. The van der Waals surface area contributed by atoms with Crippen LogP contribution in [0.25, 0.3) is 0 Å². The molecule has 230 valence electrons. The normalized spacial score (nSPS) is 17.7. The van der Waals surface area contributed by atoms with E-state index in [1.165, 1.54) is 0 Å². The van der Waals surface area contributed by atoms with Crippen molar-refractivity contribution in [3.8, 4) is 0 Å². The third-order valence-corrected chi connectivity index (χ3v) is 7.53. The van der Waals surface area contributed by atoms with Gasteiger partial charge in [0.1, 0.15) is 12.3 Å². The number of ether oxygens (including phenoxy) is 2. The van der Waals surface area contributed by atoms with Crippen LogP contribution in [0.5, 0.6) is 0 Å². The third-order valence-electron chi connectivity index (χ3n) is 7.53. The Hall–Kier alpha value is -3.72. The molecule has 0 radical (unpaired) electrons. The molecule has 2 N–H and O–H groups in total. The predicted octanol–water partition coefficient (Wildman–Crippen LogP) is 6.04. The van der Waals surface area contributed by atoms with E-state index in [1.807, 2.05) is 121 Å². The summed E-state index contributed by atoms with van der Waals surface area (Å²) < 4.78 is 10.8. The third kappa shape index (κ3) is 10.1. The summed E-state index contributed by atoms with van der Waals surface area (Å²) in [5.74, 6) is 0.141. The topological polar surface area (TPSA) is 90.1 Å². The fraction of sp³-hybridized carbons (Fsp3) is 0.278. The van der Waals surface area contributed by atoms with Gasteiger partial charge in [-0.05, 0) is 35.4 Å². The Bertz CT molecular complexity index is 1330. The van der Waals surface area contributed by atoms with Crippen LogP contribution < -0.4 is 0 Å². The maximum atomic E-state index is 10.4. The zero-order chi connectivity index (χ0) is 30.4. The minimum absolute atomic E-state index is 0. The maximum absolute atomic E-state index is 10.4. The largest absolute Gasteiger partial charge is 0.493 e. The van der Waals surface area contributed by atoms with Crippen LogP contribution >= 0.6 is 0 Å². The van der Waals surface area contributed by atoms with Crippen LogP contribution in [0.1, 0.15) is 34.6 Å². The summed E-state index contributed by atoms with van der Waals surface area (Å²) in [6, 6.07) is 39.0. The molecule has 2 saturated heterocycles. The fourth-order valence-electron chi connectivity index (χ4n) is 5.18. The summed E-state index contributed by atoms with van der Waals surface area (Å²) in [5.41, 5.74) is 3.62. The van der Waals surface area contributed by atoms with Crippen LogP contribution in [0.4, 0.5) is 0 Å². The number of benzene rings is 4. The number of aliphatic imine (C=N–C) groups is 2. The molecule has 2 aliphatic heterocycles. The van der Waals surface area contributed by atoms with Crippen LogP contribution in [-0.2, 0) is 29.0 Å². The van der Waals surface area contributed by atoms with Crippen LogP contribution in [-0.4, -0.2) is 84.4 Å². The minimum atomic E-state index is -0.190. The molecule has 0 aliphatic carbocycles. The van der Waals surface area contributed by atoms with Crippen molar-refractivity contribution in [1.29, 1.82) is 0 Å². The first-order valence-electron chi connectivity index (χ1n) is 15.1.